The topological polar surface area (TPSA) is 97.1 Å². The van der Waals surface area contributed by atoms with E-state index in [0.29, 0.717) is 32.1 Å². The molecular weight excluding hydrogens is 487 g/mol. The molecule has 9 heteroatoms. The lowest BCUT2D eigenvalue weighted by molar-refractivity contribution is 0.0168. The van der Waals surface area contributed by atoms with Crippen LogP contribution in [0.25, 0.3) is 0 Å². The molecule has 8 nitrogen and oxygen atoms in total. The van der Waals surface area contributed by atoms with Gasteiger partial charge in [0.15, 0.2) is 11.7 Å². The number of aliphatic imine (C=N–C) groups is 1. The van der Waals surface area contributed by atoms with E-state index in [1.165, 1.54) is 6.26 Å². The third kappa shape index (κ3) is 10.3. The molecule has 3 N–H and O–H groups in total. The average molecular weight is 522 g/mol. The monoisotopic (exact) mass is 522 g/mol. The van der Waals surface area contributed by atoms with Gasteiger partial charge in [0, 0.05) is 45.0 Å². The first-order valence-electron chi connectivity index (χ1n) is 10.2. The van der Waals surface area contributed by atoms with Crippen molar-refractivity contribution in [3.8, 4) is 0 Å². The van der Waals surface area contributed by atoms with Crippen LogP contribution in [0, 0.1) is 6.92 Å². The zero-order valence-electron chi connectivity index (χ0n) is 17.5. The van der Waals surface area contributed by atoms with Crippen LogP contribution in [0.5, 0.6) is 0 Å². The van der Waals surface area contributed by atoms with Crippen LogP contribution < -0.4 is 16.0 Å². The smallest absolute Gasteiger partial charge is 0.287 e. The predicted molar refractivity (Wildman–Crippen MR) is 124 cm³/mol. The van der Waals surface area contributed by atoms with Crippen molar-refractivity contribution in [2.45, 2.75) is 45.6 Å². The molecule has 0 saturated carbocycles. The molecule has 1 unspecified atom stereocenters. The van der Waals surface area contributed by atoms with Crippen molar-refractivity contribution in [3.05, 3.63) is 23.7 Å². The van der Waals surface area contributed by atoms with Gasteiger partial charge in [-0.1, -0.05) is 0 Å². The van der Waals surface area contributed by atoms with Gasteiger partial charge < -0.3 is 29.8 Å². The second kappa shape index (κ2) is 15.5. The van der Waals surface area contributed by atoms with Gasteiger partial charge in [0.1, 0.15) is 0 Å². The number of hydrogen-bond acceptors (Lipinski definition) is 5. The lowest BCUT2D eigenvalue weighted by Gasteiger charge is -2.12. The van der Waals surface area contributed by atoms with Crippen LogP contribution in [-0.2, 0) is 9.47 Å². The highest BCUT2D eigenvalue weighted by Gasteiger charge is 2.15. The highest BCUT2D eigenvalue weighted by Crippen LogP contribution is 2.11. The Balaban J connectivity index is 0.00000420. The number of aryl methyl sites for hydroxylation is 1. The molecule has 0 radical (unpaired) electrons. The van der Waals surface area contributed by atoms with Crippen molar-refractivity contribution < 1.29 is 18.7 Å². The summed E-state index contributed by atoms with van der Waals surface area (Å²) in [5, 5.41) is 9.38. The summed E-state index contributed by atoms with van der Waals surface area (Å²) in [6, 6.07) is 1.78. The molecule has 166 valence electrons. The van der Waals surface area contributed by atoms with Crippen molar-refractivity contribution in [1.29, 1.82) is 0 Å². The molecule has 0 aliphatic carbocycles. The van der Waals surface area contributed by atoms with Crippen molar-refractivity contribution in [1.82, 2.24) is 16.0 Å². The van der Waals surface area contributed by atoms with Crippen LogP contribution >= 0.6 is 24.0 Å². The van der Waals surface area contributed by atoms with Gasteiger partial charge in [-0.15, -0.1) is 24.0 Å². The number of guanidine groups is 1. The number of nitrogens with one attached hydrogen (secondary N) is 3. The van der Waals surface area contributed by atoms with Crippen molar-refractivity contribution in [3.63, 3.8) is 0 Å². The molecule has 29 heavy (non-hydrogen) atoms. The number of rotatable bonds is 12. The number of carbonyl (C=O) groups is 1. The fraction of sp³-hybridized carbons (Fsp3) is 0.700. The van der Waals surface area contributed by atoms with Crippen LogP contribution in [0.3, 0.4) is 0 Å². The Morgan fingerprint density at radius 2 is 2.10 bits per heavy atom. The van der Waals surface area contributed by atoms with E-state index in [0.717, 1.165) is 56.9 Å². The molecule has 1 fully saturated rings. The average Bonchev–Trinajstić information content (AvgIpc) is 3.35. The summed E-state index contributed by atoms with van der Waals surface area (Å²) in [7, 11) is 0. The molecule has 1 aromatic rings. The predicted octanol–water partition coefficient (Wildman–Crippen LogP) is 2.47. The minimum Gasteiger partial charge on any atom is -0.459 e. The maximum atomic E-state index is 12.0. The van der Waals surface area contributed by atoms with E-state index < -0.39 is 0 Å². The minimum atomic E-state index is -0.181. The SMILES string of the molecule is CCNC(=NCCCNC(=O)c1occc1C)NCCCOCC1CCCO1.I. The Hall–Kier alpha value is -1.33. The lowest BCUT2D eigenvalue weighted by Crippen LogP contribution is -2.38. The van der Waals surface area contributed by atoms with Crippen molar-refractivity contribution in [2.75, 3.05) is 46.0 Å². The van der Waals surface area contributed by atoms with Gasteiger partial charge in [0.25, 0.3) is 5.91 Å². The number of carbonyl (C=O) groups excluding carboxylic acids is 1. The standard InChI is InChI=1S/C20H34N4O4.HI/c1-3-21-20(24-11-6-12-26-15-17-7-4-13-27-17)23-10-5-9-22-19(25)18-16(2)8-14-28-18;/h8,14,17H,3-7,9-13,15H2,1-2H3,(H,22,25)(H2,21,23,24);1H. The number of ether oxygens (including phenoxy) is 2. The van der Waals surface area contributed by atoms with Gasteiger partial charge in [-0.25, -0.2) is 0 Å². The third-order valence-corrected chi connectivity index (χ3v) is 4.39. The van der Waals surface area contributed by atoms with Gasteiger partial charge in [0.05, 0.1) is 19.0 Å². The Morgan fingerprint density at radius 1 is 1.28 bits per heavy atom. The summed E-state index contributed by atoms with van der Waals surface area (Å²) < 4.78 is 16.4. The van der Waals surface area contributed by atoms with E-state index in [1.54, 1.807) is 6.07 Å². The normalized spacial score (nSPS) is 16.3. The molecule has 0 bridgehead atoms. The first kappa shape index (κ1) is 25.7. The fourth-order valence-corrected chi connectivity index (χ4v) is 2.87. The number of nitrogens with zero attached hydrogens (tertiary/aromatic N) is 1. The number of amides is 1. The summed E-state index contributed by atoms with van der Waals surface area (Å²) in [6.07, 6.45) is 5.73. The quantitative estimate of drug-likeness (QED) is 0.169. The second-order valence-corrected chi connectivity index (χ2v) is 6.79. The molecule has 1 aromatic heterocycles. The fourth-order valence-electron chi connectivity index (χ4n) is 2.87. The largest absolute Gasteiger partial charge is 0.459 e. The molecule has 0 spiro atoms. The van der Waals surface area contributed by atoms with E-state index in [-0.39, 0.29) is 36.0 Å². The van der Waals surface area contributed by atoms with Crippen LogP contribution in [0.2, 0.25) is 0 Å². The Labute approximate surface area is 190 Å². The molecule has 1 aliphatic heterocycles. The van der Waals surface area contributed by atoms with E-state index in [9.17, 15) is 4.79 Å². The van der Waals surface area contributed by atoms with Gasteiger partial charge in [-0.05, 0) is 45.6 Å². The molecule has 1 amide bonds. The molecule has 1 saturated heterocycles. The maximum Gasteiger partial charge on any atom is 0.287 e. The first-order valence-corrected chi connectivity index (χ1v) is 10.2. The van der Waals surface area contributed by atoms with E-state index in [4.69, 9.17) is 13.9 Å². The minimum absolute atomic E-state index is 0. The van der Waals surface area contributed by atoms with Gasteiger partial charge in [-0.2, -0.15) is 0 Å². The van der Waals surface area contributed by atoms with Gasteiger partial charge in [-0.3, -0.25) is 9.79 Å². The highest BCUT2D eigenvalue weighted by atomic mass is 127. The lowest BCUT2D eigenvalue weighted by atomic mass is 10.2. The molecular formula is C20H35IN4O4. The third-order valence-electron chi connectivity index (χ3n) is 4.39. The van der Waals surface area contributed by atoms with Crippen molar-refractivity contribution in [2.24, 2.45) is 4.99 Å². The summed E-state index contributed by atoms with van der Waals surface area (Å²) in [4.78, 5) is 16.5. The zero-order chi connectivity index (χ0) is 20.0. The number of halogens is 1. The summed E-state index contributed by atoms with van der Waals surface area (Å²) in [5.41, 5.74) is 0.842. The van der Waals surface area contributed by atoms with Crippen LogP contribution in [0.1, 0.15) is 48.7 Å². The van der Waals surface area contributed by atoms with Gasteiger partial charge >= 0.3 is 0 Å². The highest BCUT2D eigenvalue weighted by molar-refractivity contribution is 14.0. The molecule has 1 atom stereocenters. The van der Waals surface area contributed by atoms with E-state index in [2.05, 4.69) is 20.9 Å². The number of hydrogen-bond donors (Lipinski definition) is 3. The van der Waals surface area contributed by atoms with Gasteiger partial charge in [0.2, 0.25) is 0 Å². The Kier molecular flexibility index (Phi) is 13.7. The zero-order valence-corrected chi connectivity index (χ0v) is 19.8. The number of furan rings is 1. The van der Waals surface area contributed by atoms with E-state index in [1.807, 2.05) is 13.8 Å². The molecule has 1 aliphatic rings. The summed E-state index contributed by atoms with van der Waals surface area (Å²) >= 11 is 0. The molecule has 2 rings (SSSR count). The first-order chi connectivity index (χ1) is 13.7. The van der Waals surface area contributed by atoms with Crippen LogP contribution in [0.15, 0.2) is 21.7 Å². The maximum absolute atomic E-state index is 12.0. The van der Waals surface area contributed by atoms with Crippen LogP contribution in [0.4, 0.5) is 0 Å². The summed E-state index contributed by atoms with van der Waals surface area (Å²) in [5.74, 6) is 0.981. The van der Waals surface area contributed by atoms with Crippen LogP contribution in [-0.4, -0.2) is 64.0 Å². The molecule has 0 aromatic carbocycles. The Morgan fingerprint density at radius 3 is 2.79 bits per heavy atom. The Bertz CT molecular complexity index is 603. The molecule has 2 heterocycles. The second-order valence-electron chi connectivity index (χ2n) is 6.79. The van der Waals surface area contributed by atoms with E-state index >= 15 is 0 Å². The summed E-state index contributed by atoms with van der Waals surface area (Å²) in [6.45, 7) is 8.94. The van der Waals surface area contributed by atoms with Crippen molar-refractivity contribution >= 4 is 35.8 Å².